The molecule has 0 saturated heterocycles. The predicted molar refractivity (Wildman–Crippen MR) is 70.0 cm³/mol. The Morgan fingerprint density at radius 1 is 1.39 bits per heavy atom. The summed E-state index contributed by atoms with van der Waals surface area (Å²) in [5.41, 5.74) is 1.61. The highest BCUT2D eigenvalue weighted by Crippen LogP contribution is 2.27. The molecule has 0 aliphatic heterocycles. The van der Waals surface area contributed by atoms with Crippen molar-refractivity contribution in [2.45, 2.75) is 10.8 Å². The summed E-state index contributed by atoms with van der Waals surface area (Å²) in [6.45, 7) is 0. The third-order valence-corrected chi connectivity index (χ3v) is 3.32. The number of ether oxygens (including phenoxy) is 1. The van der Waals surface area contributed by atoms with Crippen molar-refractivity contribution < 1.29 is 9.53 Å². The van der Waals surface area contributed by atoms with Crippen LogP contribution in [0.4, 0.5) is 0 Å². The molecule has 0 aliphatic rings. The summed E-state index contributed by atoms with van der Waals surface area (Å²) in [5, 5.41) is 0.844. The van der Waals surface area contributed by atoms with Crippen LogP contribution in [0.2, 0.25) is 0 Å². The minimum atomic E-state index is 0.644. The maximum Gasteiger partial charge on any atom is 0.150 e. The van der Waals surface area contributed by atoms with E-state index < -0.39 is 0 Å². The van der Waals surface area contributed by atoms with Crippen molar-refractivity contribution in [3.63, 3.8) is 0 Å². The van der Waals surface area contributed by atoms with Gasteiger partial charge in [0.2, 0.25) is 0 Å². The van der Waals surface area contributed by atoms with Gasteiger partial charge in [-0.2, -0.15) is 0 Å². The van der Waals surface area contributed by atoms with Crippen molar-refractivity contribution in [3.8, 4) is 5.75 Å². The molecule has 0 spiro atoms. The SMILES string of the molecule is COc1ccc(C=O)cc1CSc1cnccn1. The van der Waals surface area contributed by atoms with Crippen LogP contribution in [-0.4, -0.2) is 23.4 Å². The van der Waals surface area contributed by atoms with E-state index in [1.165, 1.54) is 0 Å². The van der Waals surface area contributed by atoms with Gasteiger partial charge < -0.3 is 4.74 Å². The molecule has 4 nitrogen and oxygen atoms in total. The molecule has 0 saturated carbocycles. The highest BCUT2D eigenvalue weighted by molar-refractivity contribution is 7.98. The van der Waals surface area contributed by atoms with Crippen LogP contribution in [0.5, 0.6) is 5.75 Å². The van der Waals surface area contributed by atoms with Crippen molar-refractivity contribution in [1.29, 1.82) is 0 Å². The van der Waals surface area contributed by atoms with E-state index in [0.29, 0.717) is 11.3 Å². The zero-order chi connectivity index (χ0) is 12.8. The lowest BCUT2D eigenvalue weighted by molar-refractivity contribution is 0.112. The molecule has 0 aliphatic carbocycles. The molecule has 1 aromatic carbocycles. The van der Waals surface area contributed by atoms with Gasteiger partial charge >= 0.3 is 0 Å². The van der Waals surface area contributed by atoms with Crippen LogP contribution >= 0.6 is 11.8 Å². The summed E-state index contributed by atoms with van der Waals surface area (Å²) in [6.07, 6.45) is 5.83. The molecule has 0 unspecified atom stereocenters. The van der Waals surface area contributed by atoms with E-state index in [0.717, 1.165) is 22.6 Å². The minimum Gasteiger partial charge on any atom is -0.496 e. The van der Waals surface area contributed by atoms with Crippen LogP contribution in [0, 0.1) is 0 Å². The first kappa shape index (κ1) is 12.6. The fourth-order valence-electron chi connectivity index (χ4n) is 1.50. The van der Waals surface area contributed by atoms with Crippen molar-refractivity contribution in [2.75, 3.05) is 7.11 Å². The van der Waals surface area contributed by atoms with Gasteiger partial charge in [-0.05, 0) is 18.2 Å². The zero-order valence-electron chi connectivity index (χ0n) is 9.87. The summed E-state index contributed by atoms with van der Waals surface area (Å²) >= 11 is 1.55. The number of hydrogen-bond acceptors (Lipinski definition) is 5. The first-order chi connectivity index (χ1) is 8.83. The first-order valence-electron chi connectivity index (χ1n) is 5.34. The smallest absolute Gasteiger partial charge is 0.150 e. The third kappa shape index (κ3) is 3.07. The number of thioether (sulfide) groups is 1. The van der Waals surface area contributed by atoms with E-state index in [2.05, 4.69) is 9.97 Å². The van der Waals surface area contributed by atoms with Crippen LogP contribution in [0.25, 0.3) is 0 Å². The molecule has 0 fully saturated rings. The third-order valence-electron chi connectivity index (χ3n) is 2.36. The molecule has 0 atom stereocenters. The van der Waals surface area contributed by atoms with Gasteiger partial charge in [0.15, 0.2) is 0 Å². The number of nitrogens with zero attached hydrogens (tertiary/aromatic N) is 2. The van der Waals surface area contributed by atoms with E-state index >= 15 is 0 Å². The Balaban J connectivity index is 2.15. The molecule has 0 radical (unpaired) electrons. The molecule has 92 valence electrons. The number of methoxy groups -OCH3 is 1. The predicted octanol–water partition coefficient (Wildman–Crippen LogP) is 2.59. The maximum atomic E-state index is 10.8. The summed E-state index contributed by atoms with van der Waals surface area (Å²) in [6, 6.07) is 5.37. The van der Waals surface area contributed by atoms with Crippen LogP contribution < -0.4 is 4.74 Å². The maximum absolute atomic E-state index is 10.8. The highest BCUT2D eigenvalue weighted by Gasteiger charge is 2.05. The Labute approximate surface area is 109 Å². The second-order valence-electron chi connectivity index (χ2n) is 3.52. The summed E-state index contributed by atoms with van der Waals surface area (Å²) < 4.78 is 5.27. The summed E-state index contributed by atoms with van der Waals surface area (Å²) in [4.78, 5) is 18.9. The average Bonchev–Trinajstić information content (AvgIpc) is 2.45. The number of benzene rings is 1. The number of carbonyl (C=O) groups is 1. The van der Waals surface area contributed by atoms with E-state index in [9.17, 15) is 4.79 Å². The number of hydrogen-bond donors (Lipinski definition) is 0. The van der Waals surface area contributed by atoms with Gasteiger partial charge in [-0.1, -0.05) is 11.8 Å². The minimum absolute atomic E-state index is 0.644. The lowest BCUT2D eigenvalue weighted by atomic mass is 10.1. The molecular weight excluding hydrogens is 248 g/mol. The molecule has 18 heavy (non-hydrogen) atoms. The van der Waals surface area contributed by atoms with Crippen molar-refractivity contribution in [2.24, 2.45) is 0 Å². The summed E-state index contributed by atoms with van der Waals surface area (Å²) in [5.74, 6) is 1.46. The Bertz CT molecular complexity index is 532. The molecule has 0 N–H and O–H groups in total. The largest absolute Gasteiger partial charge is 0.496 e. The van der Waals surface area contributed by atoms with Gasteiger partial charge in [0.1, 0.15) is 17.1 Å². The van der Waals surface area contributed by atoms with Gasteiger partial charge in [0.05, 0.1) is 13.3 Å². The van der Waals surface area contributed by atoms with E-state index in [1.807, 2.05) is 6.07 Å². The van der Waals surface area contributed by atoms with Crippen molar-refractivity contribution in [3.05, 3.63) is 47.9 Å². The molecule has 0 bridgehead atoms. The molecule has 1 heterocycles. The van der Waals surface area contributed by atoms with Gasteiger partial charge in [0, 0.05) is 29.3 Å². The zero-order valence-corrected chi connectivity index (χ0v) is 10.7. The molecule has 5 heteroatoms. The van der Waals surface area contributed by atoms with Gasteiger partial charge in [-0.15, -0.1) is 0 Å². The van der Waals surface area contributed by atoms with Crippen LogP contribution in [0.1, 0.15) is 15.9 Å². The normalized spacial score (nSPS) is 10.1. The Morgan fingerprint density at radius 2 is 2.28 bits per heavy atom. The number of aldehydes is 1. The van der Waals surface area contributed by atoms with Crippen molar-refractivity contribution in [1.82, 2.24) is 9.97 Å². The van der Waals surface area contributed by atoms with Crippen LogP contribution in [0.15, 0.2) is 41.8 Å². The Hall–Kier alpha value is -1.88. The lowest BCUT2D eigenvalue weighted by Crippen LogP contribution is -1.93. The number of aromatic nitrogens is 2. The van der Waals surface area contributed by atoms with E-state index in [-0.39, 0.29) is 0 Å². The molecular formula is C13H12N2O2S. The van der Waals surface area contributed by atoms with E-state index in [1.54, 1.807) is 49.6 Å². The Kier molecular flexibility index (Phi) is 4.30. The van der Waals surface area contributed by atoms with Crippen molar-refractivity contribution >= 4 is 18.0 Å². The fourth-order valence-corrected chi connectivity index (χ4v) is 2.30. The second kappa shape index (κ2) is 6.16. The van der Waals surface area contributed by atoms with Crippen LogP contribution in [0.3, 0.4) is 0 Å². The molecule has 0 amide bonds. The summed E-state index contributed by atoms with van der Waals surface area (Å²) in [7, 11) is 1.62. The van der Waals surface area contributed by atoms with Gasteiger partial charge in [-0.25, -0.2) is 4.98 Å². The standard InChI is InChI=1S/C13H12N2O2S/c1-17-12-3-2-10(8-16)6-11(12)9-18-13-7-14-4-5-15-13/h2-8H,9H2,1H3. The average molecular weight is 260 g/mol. The quantitative estimate of drug-likeness (QED) is 0.611. The monoisotopic (exact) mass is 260 g/mol. The number of carbonyl (C=O) groups excluding carboxylic acids is 1. The van der Waals surface area contributed by atoms with Gasteiger partial charge in [0.25, 0.3) is 0 Å². The van der Waals surface area contributed by atoms with Gasteiger partial charge in [-0.3, -0.25) is 9.78 Å². The molecule has 2 aromatic rings. The molecule has 2 rings (SSSR count). The second-order valence-corrected chi connectivity index (χ2v) is 4.52. The van der Waals surface area contributed by atoms with Crippen LogP contribution in [-0.2, 0) is 5.75 Å². The number of rotatable bonds is 5. The topological polar surface area (TPSA) is 52.1 Å². The highest BCUT2D eigenvalue weighted by atomic mass is 32.2. The first-order valence-corrected chi connectivity index (χ1v) is 6.33. The Morgan fingerprint density at radius 3 is 2.94 bits per heavy atom. The fraction of sp³-hybridized carbons (Fsp3) is 0.154. The molecule has 1 aromatic heterocycles. The lowest BCUT2D eigenvalue weighted by Gasteiger charge is -2.08. The van der Waals surface area contributed by atoms with E-state index in [4.69, 9.17) is 4.74 Å².